The summed E-state index contributed by atoms with van der Waals surface area (Å²) in [5, 5.41) is 2.91. The van der Waals surface area contributed by atoms with Crippen LogP contribution in [0.4, 0.5) is 0 Å². The predicted molar refractivity (Wildman–Crippen MR) is 101 cm³/mol. The summed E-state index contributed by atoms with van der Waals surface area (Å²) in [5.74, 6) is -0.195. The number of amides is 1. The lowest BCUT2D eigenvalue weighted by Gasteiger charge is -2.26. The minimum absolute atomic E-state index is 0.195. The Balaban J connectivity index is 1.99. The zero-order valence-electron chi connectivity index (χ0n) is 15.8. The standard InChI is InChI=1S/C18H29N3O4S/c1-4-20(5-2)15(3)14-19-18(22)16-6-8-17(9-7-16)26(23,24)21-10-12-25-13-11-21/h6-9,15H,4-5,10-14H2,1-3H3,(H,19,22). The second-order valence-corrected chi connectivity index (χ2v) is 8.26. The fourth-order valence-corrected chi connectivity index (χ4v) is 4.44. The summed E-state index contributed by atoms with van der Waals surface area (Å²) in [4.78, 5) is 14.8. The van der Waals surface area contributed by atoms with E-state index < -0.39 is 10.0 Å². The van der Waals surface area contributed by atoms with Crippen molar-refractivity contribution in [2.75, 3.05) is 45.9 Å². The number of carbonyl (C=O) groups is 1. The minimum atomic E-state index is -3.53. The second kappa shape index (κ2) is 9.45. The van der Waals surface area contributed by atoms with Gasteiger partial charge in [-0.3, -0.25) is 9.69 Å². The van der Waals surface area contributed by atoms with Gasteiger partial charge in [-0.15, -0.1) is 0 Å². The van der Waals surface area contributed by atoms with Crippen molar-refractivity contribution < 1.29 is 17.9 Å². The van der Waals surface area contributed by atoms with Gasteiger partial charge >= 0.3 is 0 Å². The van der Waals surface area contributed by atoms with Crippen molar-refractivity contribution in [3.8, 4) is 0 Å². The molecule has 0 saturated carbocycles. The molecule has 1 unspecified atom stereocenters. The van der Waals surface area contributed by atoms with E-state index in [0.717, 1.165) is 13.1 Å². The third-order valence-corrected chi connectivity index (χ3v) is 6.63. The predicted octanol–water partition coefficient (Wildman–Crippen LogP) is 1.17. The maximum absolute atomic E-state index is 12.6. The van der Waals surface area contributed by atoms with E-state index in [1.165, 1.54) is 16.4 Å². The zero-order chi connectivity index (χ0) is 19.2. The first-order valence-electron chi connectivity index (χ1n) is 9.10. The Morgan fingerprint density at radius 2 is 1.77 bits per heavy atom. The Hall–Kier alpha value is -1.48. The molecule has 1 heterocycles. The number of rotatable bonds is 8. The molecule has 7 nitrogen and oxygen atoms in total. The molecule has 1 aromatic carbocycles. The lowest BCUT2D eigenvalue weighted by Crippen LogP contribution is -2.42. The van der Waals surface area contributed by atoms with Gasteiger partial charge in [0, 0.05) is 31.2 Å². The van der Waals surface area contributed by atoms with Crippen LogP contribution >= 0.6 is 0 Å². The summed E-state index contributed by atoms with van der Waals surface area (Å²) in [6.07, 6.45) is 0. The smallest absolute Gasteiger partial charge is 0.251 e. The van der Waals surface area contributed by atoms with Crippen molar-refractivity contribution in [3.05, 3.63) is 29.8 Å². The van der Waals surface area contributed by atoms with Gasteiger partial charge in [-0.25, -0.2) is 8.42 Å². The molecule has 26 heavy (non-hydrogen) atoms. The molecule has 1 aliphatic rings. The lowest BCUT2D eigenvalue weighted by molar-refractivity contribution is 0.0730. The molecular weight excluding hydrogens is 354 g/mol. The topological polar surface area (TPSA) is 79.0 Å². The normalized spacial score (nSPS) is 17.2. The molecule has 1 saturated heterocycles. The molecule has 1 aromatic rings. The molecule has 1 N–H and O–H groups in total. The SMILES string of the molecule is CCN(CC)C(C)CNC(=O)c1ccc(S(=O)(=O)N2CCOCC2)cc1. The van der Waals surface area contributed by atoms with Crippen molar-refractivity contribution in [2.45, 2.75) is 31.7 Å². The Labute approximate surface area is 156 Å². The summed E-state index contributed by atoms with van der Waals surface area (Å²) in [7, 11) is -3.53. The number of carbonyl (C=O) groups excluding carboxylic acids is 1. The first kappa shape index (κ1) is 20.8. The van der Waals surface area contributed by atoms with Crippen LogP contribution in [0.2, 0.25) is 0 Å². The van der Waals surface area contributed by atoms with Gasteiger partial charge in [-0.05, 0) is 44.3 Å². The summed E-state index contributed by atoms with van der Waals surface area (Å²) in [6.45, 7) is 10.2. The number of ether oxygens (including phenoxy) is 1. The number of benzene rings is 1. The van der Waals surface area contributed by atoms with Gasteiger partial charge in [0.15, 0.2) is 0 Å². The van der Waals surface area contributed by atoms with E-state index in [1.807, 2.05) is 0 Å². The van der Waals surface area contributed by atoms with Gasteiger partial charge < -0.3 is 10.1 Å². The highest BCUT2D eigenvalue weighted by atomic mass is 32.2. The Morgan fingerprint density at radius 3 is 2.31 bits per heavy atom. The second-order valence-electron chi connectivity index (χ2n) is 6.32. The van der Waals surface area contributed by atoms with E-state index in [2.05, 4.69) is 31.0 Å². The monoisotopic (exact) mass is 383 g/mol. The molecule has 0 radical (unpaired) electrons. The van der Waals surface area contributed by atoms with Gasteiger partial charge in [0.1, 0.15) is 0 Å². The van der Waals surface area contributed by atoms with Crippen LogP contribution in [0.25, 0.3) is 0 Å². The van der Waals surface area contributed by atoms with Gasteiger partial charge in [-0.2, -0.15) is 4.31 Å². The quantitative estimate of drug-likeness (QED) is 0.729. The molecule has 0 spiro atoms. The summed E-state index contributed by atoms with van der Waals surface area (Å²) < 4.78 is 31.8. The minimum Gasteiger partial charge on any atom is -0.379 e. The molecule has 2 rings (SSSR count). The van der Waals surface area contributed by atoms with E-state index in [0.29, 0.717) is 38.4 Å². The zero-order valence-corrected chi connectivity index (χ0v) is 16.6. The van der Waals surface area contributed by atoms with Crippen LogP contribution < -0.4 is 5.32 Å². The van der Waals surface area contributed by atoms with Crippen LogP contribution in [0.15, 0.2) is 29.2 Å². The fourth-order valence-electron chi connectivity index (χ4n) is 3.03. The van der Waals surface area contributed by atoms with E-state index in [9.17, 15) is 13.2 Å². The molecule has 0 aromatic heterocycles. The van der Waals surface area contributed by atoms with Gasteiger partial charge in [0.05, 0.1) is 18.1 Å². The lowest BCUT2D eigenvalue weighted by atomic mass is 10.2. The van der Waals surface area contributed by atoms with Gasteiger partial charge in [-0.1, -0.05) is 13.8 Å². The molecule has 1 fully saturated rings. The number of nitrogens with one attached hydrogen (secondary N) is 1. The average Bonchev–Trinajstić information content (AvgIpc) is 2.68. The first-order chi connectivity index (χ1) is 12.4. The van der Waals surface area contributed by atoms with Crippen LogP contribution in [-0.4, -0.2) is 75.5 Å². The molecule has 0 aliphatic carbocycles. The number of hydrogen-bond acceptors (Lipinski definition) is 5. The van der Waals surface area contributed by atoms with Crippen LogP contribution in [-0.2, 0) is 14.8 Å². The van der Waals surface area contributed by atoms with Crippen LogP contribution in [0, 0.1) is 0 Å². The average molecular weight is 384 g/mol. The maximum atomic E-state index is 12.6. The van der Waals surface area contributed by atoms with Crippen LogP contribution in [0.1, 0.15) is 31.1 Å². The highest BCUT2D eigenvalue weighted by molar-refractivity contribution is 7.89. The highest BCUT2D eigenvalue weighted by Gasteiger charge is 2.26. The van der Waals surface area contributed by atoms with Crippen LogP contribution in [0.3, 0.4) is 0 Å². The third-order valence-electron chi connectivity index (χ3n) is 4.72. The molecule has 8 heteroatoms. The van der Waals surface area contributed by atoms with E-state index in [-0.39, 0.29) is 16.8 Å². The third kappa shape index (κ3) is 5.03. The Morgan fingerprint density at radius 1 is 1.19 bits per heavy atom. The first-order valence-corrected chi connectivity index (χ1v) is 10.5. The number of likely N-dealkylation sites (N-methyl/N-ethyl adjacent to an activating group) is 1. The molecule has 1 amide bonds. The maximum Gasteiger partial charge on any atom is 0.251 e. The van der Waals surface area contributed by atoms with Crippen molar-refractivity contribution in [1.29, 1.82) is 0 Å². The highest BCUT2D eigenvalue weighted by Crippen LogP contribution is 2.17. The van der Waals surface area contributed by atoms with E-state index >= 15 is 0 Å². The molecule has 1 aliphatic heterocycles. The van der Waals surface area contributed by atoms with Crippen molar-refractivity contribution >= 4 is 15.9 Å². The summed E-state index contributed by atoms with van der Waals surface area (Å²) in [5.41, 5.74) is 0.456. The number of morpholine rings is 1. The van der Waals surface area contributed by atoms with Crippen molar-refractivity contribution in [3.63, 3.8) is 0 Å². The van der Waals surface area contributed by atoms with Gasteiger partial charge in [0.25, 0.3) is 5.91 Å². The number of nitrogens with zero attached hydrogens (tertiary/aromatic N) is 2. The summed E-state index contributed by atoms with van der Waals surface area (Å²) >= 11 is 0. The van der Waals surface area contributed by atoms with E-state index in [1.54, 1.807) is 12.1 Å². The summed E-state index contributed by atoms with van der Waals surface area (Å²) in [6, 6.07) is 6.35. The van der Waals surface area contributed by atoms with Crippen molar-refractivity contribution in [2.24, 2.45) is 0 Å². The molecule has 146 valence electrons. The van der Waals surface area contributed by atoms with Crippen molar-refractivity contribution in [1.82, 2.24) is 14.5 Å². The molecule has 0 bridgehead atoms. The van der Waals surface area contributed by atoms with Crippen LogP contribution in [0.5, 0.6) is 0 Å². The Kier molecular flexibility index (Phi) is 7.57. The number of hydrogen-bond donors (Lipinski definition) is 1. The van der Waals surface area contributed by atoms with E-state index in [4.69, 9.17) is 4.74 Å². The molecular formula is C18H29N3O4S. The largest absolute Gasteiger partial charge is 0.379 e. The number of sulfonamides is 1. The Bertz CT molecular complexity index is 681. The molecule has 1 atom stereocenters. The fraction of sp³-hybridized carbons (Fsp3) is 0.611. The van der Waals surface area contributed by atoms with Gasteiger partial charge in [0.2, 0.25) is 10.0 Å².